The first kappa shape index (κ1) is 12.0. The van der Waals surface area contributed by atoms with E-state index in [1.165, 1.54) is 30.5 Å². The third-order valence-corrected chi connectivity index (χ3v) is 2.40. The van der Waals surface area contributed by atoms with E-state index >= 15 is 0 Å². The van der Waals surface area contributed by atoms with E-state index in [1.54, 1.807) is 6.07 Å². The molecule has 2 aromatic heterocycles. The molecule has 0 unspecified atom stereocenters. The molecule has 0 saturated heterocycles. The van der Waals surface area contributed by atoms with E-state index in [4.69, 9.17) is 8.94 Å². The van der Waals surface area contributed by atoms with Gasteiger partial charge in [-0.2, -0.15) is 0 Å². The fourth-order valence-electron chi connectivity index (χ4n) is 1.47. The van der Waals surface area contributed by atoms with Gasteiger partial charge in [0.1, 0.15) is 5.82 Å². The second kappa shape index (κ2) is 4.92. The highest BCUT2D eigenvalue weighted by Crippen LogP contribution is 2.19. The number of nitrogens with zero attached hydrogens (tertiary/aromatic N) is 3. The number of amides is 1. The summed E-state index contributed by atoms with van der Waals surface area (Å²) in [6.07, 6.45) is 1.43. The monoisotopic (exact) mass is 274 g/mol. The van der Waals surface area contributed by atoms with E-state index in [-0.39, 0.29) is 17.5 Å². The molecule has 0 spiro atoms. The molecule has 0 radical (unpaired) electrons. The largest absolute Gasteiger partial charge is 0.400 e. The lowest BCUT2D eigenvalue weighted by atomic mass is 10.2. The highest BCUT2D eigenvalue weighted by molar-refractivity contribution is 6.03. The molecule has 0 bridgehead atoms. The van der Waals surface area contributed by atoms with Gasteiger partial charge in [-0.15, -0.1) is 5.10 Å². The molecule has 1 amide bonds. The zero-order valence-corrected chi connectivity index (χ0v) is 9.91. The van der Waals surface area contributed by atoms with E-state index in [0.717, 1.165) is 0 Å². The van der Waals surface area contributed by atoms with Crippen LogP contribution in [-0.4, -0.2) is 21.3 Å². The van der Waals surface area contributed by atoms with E-state index in [9.17, 15) is 9.18 Å². The predicted molar refractivity (Wildman–Crippen MR) is 64.1 cm³/mol. The lowest BCUT2D eigenvalue weighted by Crippen LogP contribution is -2.12. The normalized spacial score (nSPS) is 10.4. The van der Waals surface area contributed by atoms with Gasteiger partial charge in [0, 0.05) is 11.6 Å². The fraction of sp³-hybridized carbons (Fsp3) is 0. The maximum Gasteiger partial charge on any atom is 0.322 e. The second-order valence-electron chi connectivity index (χ2n) is 3.75. The number of rotatable bonds is 3. The summed E-state index contributed by atoms with van der Waals surface area (Å²) >= 11 is 0. The van der Waals surface area contributed by atoms with Gasteiger partial charge in [0.2, 0.25) is 5.76 Å². The molecule has 0 saturated carbocycles. The summed E-state index contributed by atoms with van der Waals surface area (Å²) in [7, 11) is 0. The SMILES string of the molecule is O=C(Nc1nnc(-c2ccno2)o1)c1ccc(F)cc1. The number of halogens is 1. The zero-order chi connectivity index (χ0) is 13.9. The summed E-state index contributed by atoms with van der Waals surface area (Å²) in [4.78, 5) is 11.8. The minimum Gasteiger partial charge on any atom is -0.400 e. The van der Waals surface area contributed by atoms with Gasteiger partial charge in [0.05, 0.1) is 6.20 Å². The second-order valence-corrected chi connectivity index (χ2v) is 3.75. The molecule has 1 N–H and O–H groups in total. The number of anilines is 1. The van der Waals surface area contributed by atoms with Crippen molar-refractivity contribution in [3.8, 4) is 11.7 Å². The summed E-state index contributed by atoms with van der Waals surface area (Å²) in [6, 6.07) is 6.51. The van der Waals surface area contributed by atoms with Crippen molar-refractivity contribution in [2.45, 2.75) is 0 Å². The Morgan fingerprint density at radius 2 is 1.95 bits per heavy atom. The quantitative estimate of drug-likeness (QED) is 0.786. The van der Waals surface area contributed by atoms with Crippen LogP contribution < -0.4 is 5.32 Å². The Labute approximate surface area is 111 Å². The molecule has 20 heavy (non-hydrogen) atoms. The molecule has 0 aliphatic rings. The molecule has 3 rings (SSSR count). The summed E-state index contributed by atoms with van der Waals surface area (Å²) in [5.74, 6) is -0.526. The topological polar surface area (TPSA) is 94.1 Å². The van der Waals surface area contributed by atoms with Crippen LogP contribution in [0.4, 0.5) is 10.4 Å². The first-order valence-corrected chi connectivity index (χ1v) is 5.54. The molecule has 0 fully saturated rings. The van der Waals surface area contributed by atoms with Crippen LogP contribution in [0.15, 0.2) is 45.5 Å². The summed E-state index contributed by atoms with van der Waals surface area (Å²) in [5.41, 5.74) is 0.269. The smallest absolute Gasteiger partial charge is 0.322 e. The molecule has 100 valence electrons. The first-order chi connectivity index (χ1) is 9.72. The fourth-order valence-corrected chi connectivity index (χ4v) is 1.47. The van der Waals surface area contributed by atoms with Crippen molar-refractivity contribution in [2.24, 2.45) is 0 Å². The van der Waals surface area contributed by atoms with Crippen molar-refractivity contribution in [3.63, 3.8) is 0 Å². The minimum atomic E-state index is -0.488. The summed E-state index contributed by atoms with van der Waals surface area (Å²) in [6.45, 7) is 0. The number of hydrogen-bond donors (Lipinski definition) is 1. The average Bonchev–Trinajstić information content (AvgIpc) is 3.09. The Balaban J connectivity index is 1.75. The minimum absolute atomic E-state index is 0.0919. The van der Waals surface area contributed by atoms with Gasteiger partial charge in [-0.1, -0.05) is 10.3 Å². The maximum absolute atomic E-state index is 12.7. The first-order valence-electron chi connectivity index (χ1n) is 5.54. The van der Waals surface area contributed by atoms with Crippen molar-refractivity contribution in [3.05, 3.63) is 47.9 Å². The van der Waals surface area contributed by atoms with Gasteiger partial charge < -0.3 is 8.94 Å². The Hall–Kier alpha value is -3.03. The van der Waals surface area contributed by atoms with E-state index in [2.05, 4.69) is 20.7 Å². The number of hydrogen-bond acceptors (Lipinski definition) is 6. The van der Waals surface area contributed by atoms with Crippen LogP contribution in [0.3, 0.4) is 0 Å². The zero-order valence-electron chi connectivity index (χ0n) is 9.91. The maximum atomic E-state index is 12.7. The lowest BCUT2D eigenvalue weighted by molar-refractivity contribution is 0.102. The van der Waals surface area contributed by atoms with Gasteiger partial charge in [0.25, 0.3) is 11.8 Å². The molecule has 0 atom stereocenters. The highest BCUT2D eigenvalue weighted by Gasteiger charge is 2.14. The standard InChI is InChI=1S/C12H7FN4O3/c13-8-3-1-7(2-4-8)10(18)15-12-17-16-11(19-12)9-5-6-14-20-9/h1-6H,(H,15,17,18). The lowest BCUT2D eigenvalue weighted by Gasteiger charge is -1.99. The predicted octanol–water partition coefficient (Wildman–Crippen LogP) is 2.12. The van der Waals surface area contributed by atoms with Gasteiger partial charge in [-0.25, -0.2) is 4.39 Å². The number of aromatic nitrogens is 3. The Morgan fingerprint density at radius 1 is 1.15 bits per heavy atom. The summed E-state index contributed by atoms with van der Waals surface area (Å²) in [5, 5.41) is 13.2. The van der Waals surface area contributed by atoms with Crippen molar-refractivity contribution < 1.29 is 18.1 Å². The molecule has 0 aliphatic carbocycles. The van der Waals surface area contributed by atoms with Gasteiger partial charge >= 0.3 is 6.01 Å². The van der Waals surface area contributed by atoms with Crippen LogP contribution in [-0.2, 0) is 0 Å². The van der Waals surface area contributed by atoms with E-state index < -0.39 is 11.7 Å². The van der Waals surface area contributed by atoms with Crippen molar-refractivity contribution in [2.75, 3.05) is 5.32 Å². The molecule has 0 aliphatic heterocycles. The Bertz CT molecular complexity index is 722. The van der Waals surface area contributed by atoms with Gasteiger partial charge in [0.15, 0.2) is 0 Å². The number of benzene rings is 1. The molecule has 8 heteroatoms. The Morgan fingerprint density at radius 3 is 2.65 bits per heavy atom. The van der Waals surface area contributed by atoms with Gasteiger partial charge in [-0.3, -0.25) is 10.1 Å². The average molecular weight is 274 g/mol. The van der Waals surface area contributed by atoms with Crippen LogP contribution in [0, 0.1) is 5.82 Å². The van der Waals surface area contributed by atoms with Crippen molar-refractivity contribution >= 4 is 11.9 Å². The van der Waals surface area contributed by atoms with Crippen LogP contribution in [0.5, 0.6) is 0 Å². The molecule has 3 aromatic rings. The Kier molecular flexibility index (Phi) is 2.96. The molecule has 1 aromatic carbocycles. The van der Waals surface area contributed by atoms with Crippen molar-refractivity contribution in [1.82, 2.24) is 15.4 Å². The number of nitrogens with one attached hydrogen (secondary N) is 1. The number of carbonyl (C=O) groups is 1. The van der Waals surface area contributed by atoms with Crippen LogP contribution in [0.2, 0.25) is 0 Å². The molecular weight excluding hydrogens is 267 g/mol. The van der Waals surface area contributed by atoms with Gasteiger partial charge in [-0.05, 0) is 24.3 Å². The van der Waals surface area contributed by atoms with E-state index in [0.29, 0.717) is 5.76 Å². The van der Waals surface area contributed by atoms with Crippen LogP contribution in [0.25, 0.3) is 11.7 Å². The van der Waals surface area contributed by atoms with Crippen molar-refractivity contribution in [1.29, 1.82) is 0 Å². The van der Waals surface area contributed by atoms with E-state index in [1.807, 2.05) is 0 Å². The van der Waals surface area contributed by atoms with Crippen LogP contribution in [0.1, 0.15) is 10.4 Å². The van der Waals surface area contributed by atoms with Crippen LogP contribution >= 0.6 is 0 Å². The third-order valence-electron chi connectivity index (χ3n) is 2.40. The highest BCUT2D eigenvalue weighted by atomic mass is 19.1. The molecule has 2 heterocycles. The molecular formula is C12H7FN4O3. The molecule has 7 nitrogen and oxygen atoms in total. The number of carbonyl (C=O) groups excluding carboxylic acids is 1. The summed E-state index contributed by atoms with van der Waals surface area (Å²) < 4.78 is 22.8. The third kappa shape index (κ3) is 2.39.